The van der Waals surface area contributed by atoms with Gasteiger partial charge in [-0.1, -0.05) is 29.8 Å². The number of benzene rings is 1. The van der Waals surface area contributed by atoms with Gasteiger partial charge in [0.1, 0.15) is 5.65 Å². The number of piperazine rings is 1. The molecule has 1 N–H and O–H groups in total. The molecule has 2 saturated heterocycles. The number of nitrogens with one attached hydrogen (secondary N) is 1. The predicted octanol–water partition coefficient (Wildman–Crippen LogP) is 4.43. The van der Waals surface area contributed by atoms with Gasteiger partial charge in [0.25, 0.3) is 0 Å². The summed E-state index contributed by atoms with van der Waals surface area (Å²) in [5, 5.41) is 4.33. The Hall–Kier alpha value is -1.30. The summed E-state index contributed by atoms with van der Waals surface area (Å²) >= 11 is 6.08. The van der Waals surface area contributed by atoms with Crippen LogP contribution in [0.4, 0.5) is 0 Å². The minimum Gasteiger partial charge on any atom is -0.314 e. The van der Waals surface area contributed by atoms with E-state index in [1.54, 1.807) is 0 Å². The van der Waals surface area contributed by atoms with Crippen molar-refractivity contribution in [1.29, 1.82) is 0 Å². The molecule has 4 nitrogen and oxygen atoms in total. The Labute approximate surface area is 176 Å². The average molecular weight is 426 g/mol. The van der Waals surface area contributed by atoms with Crippen molar-refractivity contribution >= 4 is 42.1 Å². The third-order valence-electron chi connectivity index (χ3n) is 5.61. The Kier molecular flexibility index (Phi) is 6.34. The van der Waals surface area contributed by atoms with E-state index in [4.69, 9.17) is 16.6 Å². The molecule has 5 rings (SSSR count). The van der Waals surface area contributed by atoms with Crippen LogP contribution in [-0.2, 0) is 6.54 Å². The van der Waals surface area contributed by atoms with Gasteiger partial charge in [0.15, 0.2) is 0 Å². The lowest BCUT2D eigenvalue weighted by Crippen LogP contribution is -2.51. The number of nitrogens with zero attached hydrogens (tertiary/aromatic N) is 3. The maximum absolute atomic E-state index is 6.08. The van der Waals surface area contributed by atoms with Gasteiger partial charge in [0.05, 0.1) is 11.4 Å². The Morgan fingerprint density at radius 1 is 1.00 bits per heavy atom. The lowest BCUT2D eigenvalue weighted by Gasteiger charge is -2.35. The Bertz CT molecular complexity index is 893. The SMILES string of the molecule is Cl.Cl.Clc1ccc(-c2nc3ccccn3c2CN2C3CCC2CNC3)cc1. The molecule has 4 heterocycles. The molecule has 0 radical (unpaired) electrons. The van der Waals surface area contributed by atoms with Crippen LogP contribution in [-0.4, -0.2) is 39.5 Å². The largest absolute Gasteiger partial charge is 0.314 e. The highest BCUT2D eigenvalue weighted by molar-refractivity contribution is 6.30. The highest BCUT2D eigenvalue weighted by Gasteiger charge is 2.37. The second kappa shape index (κ2) is 8.38. The molecule has 0 saturated carbocycles. The molecule has 2 atom stereocenters. The fourth-order valence-corrected chi connectivity index (χ4v) is 4.46. The molecule has 7 heteroatoms. The quantitative estimate of drug-likeness (QED) is 0.673. The summed E-state index contributed by atoms with van der Waals surface area (Å²) in [6.07, 6.45) is 4.72. The second-order valence-electron chi connectivity index (χ2n) is 7.06. The Balaban J connectivity index is 0.00000105. The molecule has 3 aromatic rings. The van der Waals surface area contributed by atoms with Crippen LogP contribution in [0.2, 0.25) is 5.02 Å². The van der Waals surface area contributed by atoms with Crippen molar-refractivity contribution in [3.05, 3.63) is 59.4 Å². The van der Waals surface area contributed by atoms with Gasteiger partial charge in [0.2, 0.25) is 0 Å². The number of fused-ring (bicyclic) bond motifs is 3. The molecule has 2 aromatic heterocycles. The van der Waals surface area contributed by atoms with Crippen molar-refractivity contribution in [2.75, 3.05) is 13.1 Å². The van der Waals surface area contributed by atoms with E-state index in [0.29, 0.717) is 12.1 Å². The first-order valence-corrected chi connectivity index (χ1v) is 9.36. The maximum Gasteiger partial charge on any atom is 0.137 e. The van der Waals surface area contributed by atoms with Gasteiger partial charge in [-0.3, -0.25) is 4.90 Å². The van der Waals surface area contributed by atoms with E-state index in [9.17, 15) is 0 Å². The number of halogens is 3. The molecule has 2 aliphatic heterocycles. The molecule has 0 amide bonds. The third kappa shape index (κ3) is 3.69. The van der Waals surface area contributed by atoms with Crippen molar-refractivity contribution in [3.8, 4) is 11.3 Å². The second-order valence-corrected chi connectivity index (χ2v) is 7.49. The van der Waals surface area contributed by atoms with Gasteiger partial charge < -0.3 is 9.72 Å². The smallest absolute Gasteiger partial charge is 0.137 e. The van der Waals surface area contributed by atoms with Crippen LogP contribution in [0.1, 0.15) is 18.5 Å². The zero-order valence-electron chi connectivity index (χ0n) is 14.8. The van der Waals surface area contributed by atoms with E-state index >= 15 is 0 Å². The Morgan fingerprint density at radius 3 is 2.41 bits per heavy atom. The van der Waals surface area contributed by atoms with E-state index in [0.717, 1.165) is 41.6 Å². The number of pyridine rings is 1. The molecule has 1 aromatic carbocycles. The molecule has 2 fully saturated rings. The van der Waals surface area contributed by atoms with E-state index < -0.39 is 0 Å². The summed E-state index contributed by atoms with van der Waals surface area (Å²) in [5.41, 5.74) is 4.48. The van der Waals surface area contributed by atoms with Gasteiger partial charge in [-0.25, -0.2) is 4.98 Å². The first-order valence-electron chi connectivity index (χ1n) is 8.98. The van der Waals surface area contributed by atoms with Crippen LogP contribution >= 0.6 is 36.4 Å². The van der Waals surface area contributed by atoms with Gasteiger partial charge in [-0.15, -0.1) is 24.8 Å². The maximum atomic E-state index is 6.08. The minimum atomic E-state index is 0. The lowest BCUT2D eigenvalue weighted by atomic mass is 10.1. The van der Waals surface area contributed by atoms with Gasteiger partial charge in [0, 0.05) is 48.5 Å². The summed E-state index contributed by atoms with van der Waals surface area (Å²) in [6.45, 7) is 3.15. The van der Waals surface area contributed by atoms with Gasteiger partial charge >= 0.3 is 0 Å². The summed E-state index contributed by atoms with van der Waals surface area (Å²) in [6, 6.07) is 15.5. The van der Waals surface area contributed by atoms with Crippen LogP contribution in [0.5, 0.6) is 0 Å². The molecule has 27 heavy (non-hydrogen) atoms. The zero-order chi connectivity index (χ0) is 16.8. The normalized spacial score (nSPS) is 21.7. The van der Waals surface area contributed by atoms with Crippen LogP contribution in [0, 0.1) is 0 Å². The van der Waals surface area contributed by atoms with Crippen LogP contribution in [0.3, 0.4) is 0 Å². The van der Waals surface area contributed by atoms with E-state index in [1.807, 2.05) is 18.2 Å². The summed E-state index contributed by atoms with van der Waals surface area (Å²) < 4.78 is 2.24. The van der Waals surface area contributed by atoms with Gasteiger partial charge in [-0.05, 0) is 37.1 Å². The molecule has 0 spiro atoms. The number of aromatic nitrogens is 2. The van der Waals surface area contributed by atoms with Crippen LogP contribution in [0.25, 0.3) is 16.9 Å². The van der Waals surface area contributed by atoms with Crippen molar-refractivity contribution < 1.29 is 0 Å². The minimum absolute atomic E-state index is 0. The molecule has 2 bridgehead atoms. The Morgan fingerprint density at radius 2 is 1.70 bits per heavy atom. The van der Waals surface area contributed by atoms with E-state index in [-0.39, 0.29) is 24.8 Å². The highest BCUT2D eigenvalue weighted by atomic mass is 35.5. The molecule has 2 unspecified atom stereocenters. The third-order valence-corrected chi connectivity index (χ3v) is 5.86. The molecule has 144 valence electrons. The highest BCUT2D eigenvalue weighted by Crippen LogP contribution is 2.32. The first kappa shape index (κ1) is 20.4. The van der Waals surface area contributed by atoms with Crippen LogP contribution in [0.15, 0.2) is 48.7 Å². The number of imidazole rings is 1. The fourth-order valence-electron chi connectivity index (χ4n) is 4.34. The standard InChI is InChI=1S/C20H21ClN4.2ClH/c21-15-6-4-14(5-7-15)20-18(24-10-2-1-3-19(24)23-20)13-25-16-8-9-17(25)12-22-11-16;;/h1-7,10,16-17,22H,8-9,11-13H2;2*1H. The molecular formula is C20H23Cl3N4. The molecule has 2 aliphatic rings. The van der Waals surface area contributed by atoms with Crippen LogP contribution < -0.4 is 5.32 Å². The van der Waals surface area contributed by atoms with Crippen molar-refractivity contribution in [2.45, 2.75) is 31.5 Å². The van der Waals surface area contributed by atoms with Crippen molar-refractivity contribution in [2.24, 2.45) is 0 Å². The van der Waals surface area contributed by atoms with Crippen molar-refractivity contribution in [3.63, 3.8) is 0 Å². The summed E-state index contributed by atoms with van der Waals surface area (Å²) in [4.78, 5) is 7.60. The van der Waals surface area contributed by atoms with Gasteiger partial charge in [-0.2, -0.15) is 0 Å². The van der Waals surface area contributed by atoms with E-state index in [1.165, 1.54) is 18.5 Å². The summed E-state index contributed by atoms with van der Waals surface area (Å²) in [7, 11) is 0. The zero-order valence-corrected chi connectivity index (χ0v) is 17.2. The monoisotopic (exact) mass is 424 g/mol. The number of hydrogen-bond donors (Lipinski definition) is 1. The topological polar surface area (TPSA) is 32.6 Å². The first-order chi connectivity index (χ1) is 12.3. The number of hydrogen-bond acceptors (Lipinski definition) is 3. The lowest BCUT2D eigenvalue weighted by molar-refractivity contribution is 0.143. The van der Waals surface area contributed by atoms with E-state index in [2.05, 4.69) is 45.1 Å². The molecular weight excluding hydrogens is 403 g/mol. The molecule has 0 aliphatic carbocycles. The average Bonchev–Trinajstić information content (AvgIpc) is 3.09. The van der Waals surface area contributed by atoms with Crippen molar-refractivity contribution in [1.82, 2.24) is 19.6 Å². The number of rotatable bonds is 3. The predicted molar refractivity (Wildman–Crippen MR) is 115 cm³/mol. The summed E-state index contributed by atoms with van der Waals surface area (Å²) in [5.74, 6) is 0. The fraction of sp³-hybridized carbons (Fsp3) is 0.350.